The summed E-state index contributed by atoms with van der Waals surface area (Å²) >= 11 is 6.98. The Balaban J connectivity index is 2.29. The lowest BCUT2D eigenvalue weighted by atomic mass is 9.68. The Morgan fingerprint density at radius 2 is 1.71 bits per heavy atom. The number of amides is 1. The summed E-state index contributed by atoms with van der Waals surface area (Å²) < 4.78 is 21.7. The predicted octanol–water partition coefficient (Wildman–Crippen LogP) is 7.76. The van der Waals surface area contributed by atoms with Crippen molar-refractivity contribution in [2.45, 2.75) is 122 Å². The quantitative estimate of drug-likeness (QED) is 0.0370. The molecule has 1 N–H and O–H groups in total. The van der Waals surface area contributed by atoms with Crippen LogP contribution in [0.5, 0.6) is 0 Å². The zero-order chi connectivity index (χ0) is 36.6. The van der Waals surface area contributed by atoms with Crippen molar-refractivity contribution in [1.29, 1.82) is 5.26 Å². The topological polar surface area (TPSA) is 127 Å². The summed E-state index contributed by atoms with van der Waals surface area (Å²) in [7, 11) is 0.0192. The third-order valence-electron chi connectivity index (χ3n) is 9.05. The Morgan fingerprint density at radius 1 is 1.04 bits per heavy atom. The van der Waals surface area contributed by atoms with Crippen LogP contribution >= 0.6 is 24.0 Å². The van der Waals surface area contributed by atoms with E-state index in [1.54, 1.807) is 27.9 Å². The molecule has 274 valence electrons. The number of benzene rings is 1. The smallest absolute Gasteiger partial charge is 0.322 e. The highest BCUT2D eigenvalue weighted by Crippen LogP contribution is 2.47. The molecular weight excluding hydrogens is 677 g/mol. The van der Waals surface area contributed by atoms with Crippen LogP contribution in [0.25, 0.3) is 0 Å². The number of hydrogen-bond donors (Lipinski definition) is 1. The van der Waals surface area contributed by atoms with Crippen molar-refractivity contribution < 1.29 is 33.0 Å². The van der Waals surface area contributed by atoms with Gasteiger partial charge in [0.25, 0.3) is 0 Å². The molecule has 1 aromatic carbocycles. The minimum atomic E-state index is -1.71. The molecule has 49 heavy (non-hydrogen) atoms. The molecule has 1 amide bonds. The fourth-order valence-electron chi connectivity index (χ4n) is 5.84. The van der Waals surface area contributed by atoms with E-state index in [2.05, 4.69) is 31.4 Å². The van der Waals surface area contributed by atoms with E-state index in [0.29, 0.717) is 17.3 Å². The van der Waals surface area contributed by atoms with Crippen LogP contribution in [0.1, 0.15) is 97.5 Å². The summed E-state index contributed by atoms with van der Waals surface area (Å²) in [6.45, 7) is 13.1. The number of ether oxygens (including phenoxy) is 3. The lowest BCUT2D eigenvalue weighted by Gasteiger charge is -2.39. The molecule has 4 atom stereocenters. The molecule has 1 aliphatic rings. The summed E-state index contributed by atoms with van der Waals surface area (Å²) in [5.74, 6) is -1.13. The van der Waals surface area contributed by atoms with Gasteiger partial charge in [0, 0.05) is 20.1 Å². The lowest BCUT2D eigenvalue weighted by Crippen LogP contribution is -2.46. The standard InChI is InChI=1S/C37H58N2O7S2Si/c1-8-9-10-11-15-22-44-33(41)36(3,26-35(2,28-38)20-19-31(40)39-21-16-23-49(6,7)43-5)27-37(4,34(42)46-25-30-24-45-30)48-32(47)29-17-13-12-14-18-29/h12-14,17-18,30H,8-11,15-16,19-27H2,1-7H3,(H,39,40). The number of carbonyl (C=O) groups excluding carboxylic acids is 3. The Hall–Kier alpha value is -2.30. The molecule has 1 saturated heterocycles. The Bertz CT molecular complexity index is 1270. The van der Waals surface area contributed by atoms with Crippen LogP contribution in [0.4, 0.5) is 0 Å². The van der Waals surface area contributed by atoms with Gasteiger partial charge in [-0.15, -0.1) is 0 Å². The van der Waals surface area contributed by atoms with E-state index < -0.39 is 35.8 Å². The van der Waals surface area contributed by atoms with Gasteiger partial charge in [0.1, 0.15) is 17.5 Å². The Morgan fingerprint density at radius 3 is 2.33 bits per heavy atom. The zero-order valence-corrected chi connectivity index (χ0v) is 33.3. The van der Waals surface area contributed by atoms with Crippen molar-refractivity contribution in [2.75, 3.05) is 33.5 Å². The minimum absolute atomic E-state index is 0.0132. The number of nitriles is 1. The normalized spacial score (nSPS) is 17.8. The van der Waals surface area contributed by atoms with Gasteiger partial charge in [0.15, 0.2) is 8.32 Å². The van der Waals surface area contributed by atoms with E-state index in [0.717, 1.165) is 50.1 Å². The fraction of sp³-hybridized carbons (Fsp3) is 0.703. The number of epoxide rings is 1. The number of nitrogens with one attached hydrogen (secondary N) is 1. The van der Waals surface area contributed by atoms with E-state index >= 15 is 0 Å². The van der Waals surface area contributed by atoms with Crippen LogP contribution in [-0.2, 0) is 33.0 Å². The molecule has 0 bridgehead atoms. The van der Waals surface area contributed by atoms with Crippen LogP contribution in [0.3, 0.4) is 0 Å². The van der Waals surface area contributed by atoms with Crippen molar-refractivity contribution in [2.24, 2.45) is 10.8 Å². The summed E-state index contributed by atoms with van der Waals surface area (Å²) in [4.78, 5) is 40.7. The first kappa shape index (κ1) is 42.9. The predicted molar refractivity (Wildman–Crippen MR) is 202 cm³/mol. The van der Waals surface area contributed by atoms with Crippen LogP contribution in [0.2, 0.25) is 19.1 Å². The third-order valence-corrected chi connectivity index (χ3v) is 13.4. The molecule has 4 unspecified atom stereocenters. The highest BCUT2D eigenvalue weighted by Gasteiger charge is 2.51. The molecule has 1 aromatic rings. The SMILES string of the molecule is CCCCCCCOC(=O)C(C)(CC(C)(C#N)CCC(=O)NCCC[Si](C)(C)OC)CC(C)(SC(=S)c1ccccc1)C(=O)OCC1CO1. The van der Waals surface area contributed by atoms with Crippen LogP contribution < -0.4 is 5.32 Å². The average Bonchev–Trinajstić information content (AvgIpc) is 3.91. The molecule has 1 heterocycles. The van der Waals surface area contributed by atoms with Crippen molar-refractivity contribution in [3.8, 4) is 6.07 Å². The number of thiocarbonyl (C=S) groups is 1. The van der Waals surface area contributed by atoms with E-state index in [-0.39, 0.29) is 50.9 Å². The van der Waals surface area contributed by atoms with E-state index in [4.69, 9.17) is 30.9 Å². The van der Waals surface area contributed by atoms with Gasteiger partial charge < -0.3 is 24.0 Å². The number of thioether (sulfide) groups is 1. The van der Waals surface area contributed by atoms with Crippen molar-refractivity contribution in [3.05, 3.63) is 35.9 Å². The molecule has 0 aromatic heterocycles. The summed E-state index contributed by atoms with van der Waals surface area (Å²) in [5.41, 5.74) is -1.55. The zero-order valence-electron chi connectivity index (χ0n) is 30.7. The van der Waals surface area contributed by atoms with Gasteiger partial charge in [-0.2, -0.15) is 5.26 Å². The molecule has 0 spiro atoms. The van der Waals surface area contributed by atoms with Gasteiger partial charge in [-0.1, -0.05) is 86.9 Å². The Labute approximate surface area is 305 Å². The highest BCUT2D eigenvalue weighted by molar-refractivity contribution is 8.25. The van der Waals surface area contributed by atoms with Crippen LogP contribution in [0, 0.1) is 22.2 Å². The molecule has 2 rings (SSSR count). The molecule has 0 radical (unpaired) electrons. The van der Waals surface area contributed by atoms with Gasteiger partial charge in [-0.25, -0.2) is 0 Å². The van der Waals surface area contributed by atoms with Crippen molar-refractivity contribution in [1.82, 2.24) is 5.32 Å². The minimum Gasteiger partial charge on any atom is -0.465 e. The fourth-order valence-corrected chi connectivity index (χ4v) is 8.95. The Kier molecular flexibility index (Phi) is 18.0. The monoisotopic (exact) mass is 734 g/mol. The number of nitrogens with zero attached hydrogens (tertiary/aromatic N) is 1. The molecule has 1 aliphatic heterocycles. The maximum absolute atomic E-state index is 14.1. The molecule has 9 nitrogen and oxygen atoms in total. The highest BCUT2D eigenvalue weighted by atomic mass is 32.2. The average molecular weight is 735 g/mol. The van der Waals surface area contributed by atoms with Gasteiger partial charge in [0.2, 0.25) is 5.91 Å². The number of hydrogen-bond acceptors (Lipinski definition) is 10. The maximum atomic E-state index is 14.1. The van der Waals surface area contributed by atoms with E-state index in [1.165, 1.54) is 11.8 Å². The van der Waals surface area contributed by atoms with Crippen molar-refractivity contribution in [3.63, 3.8) is 0 Å². The van der Waals surface area contributed by atoms with E-state index in [9.17, 15) is 19.6 Å². The second-order valence-electron chi connectivity index (χ2n) is 14.6. The first-order chi connectivity index (χ1) is 23.1. The first-order valence-electron chi connectivity index (χ1n) is 17.6. The summed E-state index contributed by atoms with van der Waals surface area (Å²) in [5, 5.41) is 13.4. The number of esters is 2. The summed E-state index contributed by atoms with van der Waals surface area (Å²) in [6, 6.07) is 12.7. The molecule has 1 fully saturated rings. The number of carbonyl (C=O) groups is 3. The van der Waals surface area contributed by atoms with Crippen LogP contribution in [0.15, 0.2) is 30.3 Å². The second-order valence-corrected chi connectivity index (χ2v) is 21.2. The van der Waals surface area contributed by atoms with Gasteiger partial charge in [-0.05, 0) is 77.6 Å². The second kappa shape index (κ2) is 20.5. The molecule has 0 aliphatic carbocycles. The largest absolute Gasteiger partial charge is 0.465 e. The third kappa shape index (κ3) is 15.6. The van der Waals surface area contributed by atoms with E-state index in [1.807, 2.05) is 30.3 Å². The van der Waals surface area contributed by atoms with Gasteiger partial charge >= 0.3 is 11.9 Å². The number of unbranched alkanes of at least 4 members (excludes halogenated alkanes) is 4. The lowest BCUT2D eigenvalue weighted by molar-refractivity contribution is -0.159. The maximum Gasteiger partial charge on any atom is 0.322 e. The van der Waals surface area contributed by atoms with Gasteiger partial charge in [-0.3, -0.25) is 14.4 Å². The first-order valence-corrected chi connectivity index (χ1v) is 21.9. The van der Waals surface area contributed by atoms with Crippen LogP contribution in [-0.4, -0.2) is 74.7 Å². The molecular formula is C37H58N2O7S2Si. The van der Waals surface area contributed by atoms with Crippen molar-refractivity contribution >= 4 is 54.3 Å². The molecule has 0 saturated carbocycles. The summed E-state index contributed by atoms with van der Waals surface area (Å²) in [6.07, 6.45) is 6.13. The molecule has 12 heteroatoms. The number of rotatable bonds is 24. The van der Waals surface area contributed by atoms with Gasteiger partial charge in [0.05, 0.1) is 34.3 Å².